The highest BCUT2D eigenvalue weighted by atomic mass is 32.1. The van der Waals surface area contributed by atoms with Crippen LogP contribution in [0.15, 0.2) is 59.0 Å². The van der Waals surface area contributed by atoms with Crippen molar-refractivity contribution >= 4 is 12.2 Å². The lowest BCUT2D eigenvalue weighted by molar-refractivity contribution is 0.240. The Labute approximate surface area is 145 Å². The number of halogens is 1. The molecule has 1 heterocycles. The van der Waals surface area contributed by atoms with Gasteiger partial charge in [0.05, 0.1) is 13.1 Å². The second-order valence-corrected chi connectivity index (χ2v) is 6.06. The molecule has 0 aliphatic rings. The first-order valence-electron chi connectivity index (χ1n) is 7.64. The zero-order chi connectivity index (χ0) is 16.9. The standard InChI is InChI=1S/C18H18FN3OS/c1-21(12-15-8-5-9-16(19)10-15)13-22-18(24)23-17(20-22)11-14-6-3-2-4-7-14/h2-10H,11-13H2,1H3. The van der Waals surface area contributed by atoms with Gasteiger partial charge in [-0.25, -0.2) is 9.07 Å². The molecule has 24 heavy (non-hydrogen) atoms. The maximum absolute atomic E-state index is 13.3. The van der Waals surface area contributed by atoms with Gasteiger partial charge >= 0.3 is 0 Å². The Morgan fingerprint density at radius 2 is 1.88 bits per heavy atom. The molecule has 1 aromatic heterocycles. The maximum atomic E-state index is 13.3. The third kappa shape index (κ3) is 4.37. The van der Waals surface area contributed by atoms with Gasteiger partial charge in [0, 0.05) is 6.54 Å². The number of aromatic nitrogens is 2. The third-order valence-electron chi connectivity index (χ3n) is 3.56. The van der Waals surface area contributed by atoms with Crippen LogP contribution in [0.1, 0.15) is 17.0 Å². The lowest BCUT2D eigenvalue weighted by Crippen LogP contribution is -2.22. The molecule has 0 aliphatic heterocycles. The zero-order valence-electron chi connectivity index (χ0n) is 13.4. The Balaban J connectivity index is 1.66. The summed E-state index contributed by atoms with van der Waals surface area (Å²) in [7, 11) is 1.93. The SMILES string of the molecule is CN(Cc1cccc(F)c1)Cn1nc(Cc2ccccc2)oc1=S. The van der Waals surface area contributed by atoms with E-state index < -0.39 is 0 Å². The lowest BCUT2D eigenvalue weighted by atomic mass is 10.2. The second kappa shape index (κ2) is 7.51. The Bertz CT molecular complexity index is 860. The molecule has 3 aromatic rings. The van der Waals surface area contributed by atoms with Crippen molar-refractivity contribution in [1.82, 2.24) is 14.7 Å². The first-order valence-corrected chi connectivity index (χ1v) is 8.05. The summed E-state index contributed by atoms with van der Waals surface area (Å²) in [5.41, 5.74) is 2.02. The lowest BCUT2D eigenvalue weighted by Gasteiger charge is -2.15. The van der Waals surface area contributed by atoms with Gasteiger partial charge in [0.25, 0.3) is 4.84 Å². The topological polar surface area (TPSA) is 34.2 Å². The van der Waals surface area contributed by atoms with Crippen LogP contribution >= 0.6 is 12.2 Å². The Morgan fingerprint density at radius 1 is 1.12 bits per heavy atom. The number of rotatable bonds is 6. The van der Waals surface area contributed by atoms with E-state index in [0.29, 0.717) is 30.4 Å². The van der Waals surface area contributed by atoms with Crippen molar-refractivity contribution in [2.75, 3.05) is 7.05 Å². The van der Waals surface area contributed by atoms with Crippen molar-refractivity contribution in [3.63, 3.8) is 0 Å². The van der Waals surface area contributed by atoms with E-state index in [2.05, 4.69) is 5.10 Å². The van der Waals surface area contributed by atoms with Crippen molar-refractivity contribution in [2.24, 2.45) is 0 Å². The van der Waals surface area contributed by atoms with E-state index in [1.807, 2.05) is 48.3 Å². The van der Waals surface area contributed by atoms with Crippen LogP contribution in [-0.4, -0.2) is 21.7 Å². The molecule has 124 valence electrons. The van der Waals surface area contributed by atoms with Gasteiger partial charge in [-0.2, -0.15) is 0 Å². The summed E-state index contributed by atoms with van der Waals surface area (Å²) in [6, 6.07) is 16.5. The molecule has 0 unspecified atom stereocenters. The van der Waals surface area contributed by atoms with Gasteiger partial charge in [0.15, 0.2) is 0 Å². The monoisotopic (exact) mass is 343 g/mol. The summed E-state index contributed by atoms with van der Waals surface area (Å²) in [6.45, 7) is 1.08. The van der Waals surface area contributed by atoms with E-state index in [1.54, 1.807) is 10.7 Å². The molecule has 3 rings (SSSR count). The number of hydrogen-bond donors (Lipinski definition) is 0. The highest BCUT2D eigenvalue weighted by Crippen LogP contribution is 2.10. The summed E-state index contributed by atoms with van der Waals surface area (Å²) in [5.74, 6) is 0.356. The minimum Gasteiger partial charge on any atom is -0.414 e. The summed E-state index contributed by atoms with van der Waals surface area (Å²) >= 11 is 5.24. The van der Waals surface area contributed by atoms with Crippen LogP contribution < -0.4 is 0 Å². The molecule has 0 amide bonds. The predicted octanol–water partition coefficient (Wildman–Crippen LogP) is 4.02. The van der Waals surface area contributed by atoms with Crippen LogP contribution in [0.25, 0.3) is 0 Å². The molecule has 0 saturated carbocycles. The molecular formula is C18H18FN3OS. The van der Waals surface area contributed by atoms with Crippen LogP contribution in [0.4, 0.5) is 4.39 Å². The molecule has 0 bridgehead atoms. The number of nitrogens with zero attached hydrogens (tertiary/aromatic N) is 3. The largest absolute Gasteiger partial charge is 0.414 e. The van der Waals surface area contributed by atoms with E-state index in [1.165, 1.54) is 12.1 Å². The Morgan fingerprint density at radius 3 is 2.62 bits per heavy atom. The molecule has 0 N–H and O–H groups in total. The molecule has 2 aromatic carbocycles. The summed E-state index contributed by atoms with van der Waals surface area (Å²) < 4.78 is 20.5. The molecule has 0 spiro atoms. The van der Waals surface area contributed by atoms with Gasteiger partial charge in [-0.3, -0.25) is 4.90 Å². The van der Waals surface area contributed by atoms with Crippen molar-refractivity contribution < 1.29 is 8.81 Å². The van der Waals surface area contributed by atoms with Crippen LogP contribution in [0.3, 0.4) is 0 Å². The summed E-state index contributed by atoms with van der Waals surface area (Å²) in [4.78, 5) is 2.34. The van der Waals surface area contributed by atoms with Gasteiger partial charge in [0.2, 0.25) is 5.89 Å². The van der Waals surface area contributed by atoms with Gasteiger partial charge in [-0.1, -0.05) is 42.5 Å². The average Bonchev–Trinajstić information content (AvgIpc) is 2.87. The number of benzene rings is 2. The minimum absolute atomic E-state index is 0.232. The Hall–Kier alpha value is -2.31. The molecule has 0 fully saturated rings. The van der Waals surface area contributed by atoms with Crippen molar-refractivity contribution in [1.29, 1.82) is 0 Å². The van der Waals surface area contributed by atoms with Crippen molar-refractivity contribution in [3.05, 3.63) is 82.3 Å². The highest BCUT2D eigenvalue weighted by molar-refractivity contribution is 7.71. The highest BCUT2D eigenvalue weighted by Gasteiger charge is 2.09. The van der Waals surface area contributed by atoms with Gasteiger partial charge < -0.3 is 4.42 Å². The maximum Gasteiger partial charge on any atom is 0.288 e. The van der Waals surface area contributed by atoms with Crippen LogP contribution in [0.2, 0.25) is 0 Å². The van der Waals surface area contributed by atoms with E-state index in [0.717, 1.165) is 11.1 Å². The second-order valence-electron chi connectivity index (χ2n) is 5.71. The van der Waals surface area contributed by atoms with E-state index in [9.17, 15) is 4.39 Å². The predicted molar refractivity (Wildman–Crippen MR) is 92.4 cm³/mol. The molecule has 4 nitrogen and oxygen atoms in total. The third-order valence-corrected chi connectivity index (χ3v) is 3.86. The fourth-order valence-corrected chi connectivity index (χ4v) is 2.70. The van der Waals surface area contributed by atoms with Crippen LogP contribution in [-0.2, 0) is 19.6 Å². The molecule has 0 saturated heterocycles. The van der Waals surface area contributed by atoms with Crippen molar-refractivity contribution in [2.45, 2.75) is 19.6 Å². The smallest absolute Gasteiger partial charge is 0.288 e. The van der Waals surface area contributed by atoms with E-state index in [4.69, 9.17) is 16.6 Å². The molecular weight excluding hydrogens is 325 g/mol. The molecule has 6 heteroatoms. The normalized spacial score (nSPS) is 11.1. The van der Waals surface area contributed by atoms with Crippen molar-refractivity contribution in [3.8, 4) is 0 Å². The fourth-order valence-electron chi connectivity index (χ4n) is 2.51. The summed E-state index contributed by atoms with van der Waals surface area (Å²) in [5, 5.41) is 4.43. The van der Waals surface area contributed by atoms with E-state index in [-0.39, 0.29) is 5.82 Å². The first kappa shape index (κ1) is 16.5. The van der Waals surface area contributed by atoms with Gasteiger partial charge in [-0.15, -0.1) is 5.10 Å². The van der Waals surface area contributed by atoms with E-state index >= 15 is 0 Å². The summed E-state index contributed by atoms with van der Waals surface area (Å²) in [6.07, 6.45) is 0.602. The van der Waals surface area contributed by atoms with Crippen LogP contribution in [0, 0.1) is 10.7 Å². The first-order chi connectivity index (χ1) is 11.6. The van der Waals surface area contributed by atoms with Gasteiger partial charge in [-0.05, 0) is 42.5 Å². The molecule has 0 aliphatic carbocycles. The van der Waals surface area contributed by atoms with Gasteiger partial charge in [0.1, 0.15) is 5.82 Å². The zero-order valence-corrected chi connectivity index (χ0v) is 14.2. The Kier molecular flexibility index (Phi) is 5.17. The number of hydrogen-bond acceptors (Lipinski definition) is 4. The molecule has 0 atom stereocenters. The van der Waals surface area contributed by atoms with Crippen LogP contribution in [0.5, 0.6) is 0 Å². The quantitative estimate of drug-likeness (QED) is 0.633. The fraction of sp³-hybridized carbons (Fsp3) is 0.222. The minimum atomic E-state index is -0.232. The molecule has 0 radical (unpaired) electrons. The average molecular weight is 343 g/mol.